The summed E-state index contributed by atoms with van der Waals surface area (Å²) in [7, 11) is -3.82. The zero-order valence-electron chi connectivity index (χ0n) is 9.93. The average molecular weight is 267 g/mol. The number of hydrogen-bond donors (Lipinski definition) is 3. The normalized spacial score (nSPS) is 14.3. The Hall–Kier alpha value is -1.15. The molecule has 3 N–H and O–H groups in total. The Morgan fingerprint density at radius 2 is 1.71 bits per heavy atom. The van der Waals surface area contributed by atoms with Gasteiger partial charge in [-0.25, -0.2) is 13.1 Å². The molecule has 1 atom stereocenters. The van der Waals surface area contributed by atoms with Crippen LogP contribution in [-0.2, 0) is 19.6 Å². The minimum atomic E-state index is -3.82. The van der Waals surface area contributed by atoms with Crippen LogP contribution < -0.4 is 4.72 Å². The lowest BCUT2D eigenvalue weighted by molar-refractivity contribution is -0.145. The van der Waals surface area contributed by atoms with Crippen LogP contribution >= 0.6 is 0 Å². The van der Waals surface area contributed by atoms with Crippen LogP contribution in [0.15, 0.2) is 0 Å². The fraction of sp³-hybridized carbons (Fsp3) is 0.778. The van der Waals surface area contributed by atoms with Gasteiger partial charge in [0.1, 0.15) is 6.04 Å². The maximum Gasteiger partial charge on any atom is 0.322 e. The van der Waals surface area contributed by atoms with Gasteiger partial charge in [0.05, 0.1) is 12.2 Å². The summed E-state index contributed by atoms with van der Waals surface area (Å²) in [6, 6.07) is -1.64. The van der Waals surface area contributed by atoms with Crippen molar-refractivity contribution in [3.8, 4) is 0 Å². The summed E-state index contributed by atoms with van der Waals surface area (Å²) in [6.07, 6.45) is -0.793. The summed E-state index contributed by atoms with van der Waals surface area (Å²) < 4.78 is 25.0. The maximum absolute atomic E-state index is 11.6. The van der Waals surface area contributed by atoms with Crippen LogP contribution in [0.25, 0.3) is 0 Å². The SMILES string of the molecule is CC(C)(C)CS(=O)(=O)N[C@H](CC(=O)O)C(=O)O. The fourth-order valence-electron chi connectivity index (χ4n) is 1.18. The van der Waals surface area contributed by atoms with E-state index >= 15 is 0 Å². The Labute approximate surface area is 99.9 Å². The molecular formula is C9H17NO6S. The molecule has 0 bridgehead atoms. The quantitative estimate of drug-likeness (QED) is 0.617. The van der Waals surface area contributed by atoms with Crippen LogP contribution in [0.4, 0.5) is 0 Å². The van der Waals surface area contributed by atoms with Gasteiger partial charge in [-0.1, -0.05) is 20.8 Å². The second-order valence-corrected chi connectivity index (χ2v) is 6.68. The molecule has 0 saturated heterocycles. The molecule has 0 aliphatic carbocycles. The molecule has 0 aromatic carbocycles. The topological polar surface area (TPSA) is 121 Å². The van der Waals surface area contributed by atoms with E-state index in [0.29, 0.717) is 0 Å². The molecule has 0 unspecified atom stereocenters. The van der Waals surface area contributed by atoms with Gasteiger partial charge in [0, 0.05) is 0 Å². The van der Waals surface area contributed by atoms with Crippen molar-refractivity contribution in [1.29, 1.82) is 0 Å². The number of carboxylic acids is 2. The van der Waals surface area contributed by atoms with E-state index in [1.54, 1.807) is 20.8 Å². The second kappa shape index (κ2) is 5.46. The summed E-state index contributed by atoms with van der Waals surface area (Å²) in [5, 5.41) is 17.2. The number of carboxylic acid groups (broad SMARTS) is 2. The summed E-state index contributed by atoms with van der Waals surface area (Å²) >= 11 is 0. The molecule has 0 radical (unpaired) electrons. The van der Waals surface area contributed by atoms with Gasteiger partial charge in [0.25, 0.3) is 0 Å². The lowest BCUT2D eigenvalue weighted by Crippen LogP contribution is -2.44. The monoisotopic (exact) mass is 267 g/mol. The first kappa shape index (κ1) is 15.9. The number of sulfonamides is 1. The lowest BCUT2D eigenvalue weighted by atomic mass is 10.0. The number of carbonyl (C=O) groups is 2. The highest BCUT2D eigenvalue weighted by Crippen LogP contribution is 2.15. The van der Waals surface area contributed by atoms with E-state index in [0.717, 1.165) is 0 Å². The summed E-state index contributed by atoms with van der Waals surface area (Å²) in [4.78, 5) is 21.1. The third-order valence-corrected chi connectivity index (χ3v) is 3.51. The molecule has 0 aromatic heterocycles. The number of hydrogen-bond acceptors (Lipinski definition) is 4. The van der Waals surface area contributed by atoms with Gasteiger partial charge in [-0.3, -0.25) is 9.59 Å². The molecule has 0 aliphatic heterocycles. The number of rotatable bonds is 6. The molecular weight excluding hydrogens is 250 g/mol. The zero-order valence-corrected chi connectivity index (χ0v) is 10.7. The Bertz CT molecular complexity index is 394. The van der Waals surface area contributed by atoms with Crippen LogP contribution in [0.2, 0.25) is 0 Å². The van der Waals surface area contributed by atoms with Gasteiger partial charge < -0.3 is 10.2 Å². The smallest absolute Gasteiger partial charge is 0.322 e. The van der Waals surface area contributed by atoms with Crippen LogP contribution in [0.1, 0.15) is 27.2 Å². The van der Waals surface area contributed by atoms with E-state index in [9.17, 15) is 18.0 Å². The van der Waals surface area contributed by atoms with Crippen LogP contribution in [-0.4, -0.2) is 42.4 Å². The van der Waals surface area contributed by atoms with Gasteiger partial charge in [0.2, 0.25) is 10.0 Å². The minimum Gasteiger partial charge on any atom is -0.481 e. The molecule has 17 heavy (non-hydrogen) atoms. The summed E-state index contributed by atoms with van der Waals surface area (Å²) in [5.41, 5.74) is -0.544. The van der Waals surface area contributed by atoms with E-state index < -0.39 is 39.8 Å². The molecule has 0 saturated carbocycles. The predicted molar refractivity (Wildman–Crippen MR) is 60.1 cm³/mol. The summed E-state index contributed by atoms with van der Waals surface area (Å²) in [5.74, 6) is -3.16. The molecule has 0 amide bonds. The molecule has 100 valence electrons. The Balaban J connectivity index is 4.76. The lowest BCUT2D eigenvalue weighted by Gasteiger charge is -2.20. The second-order valence-electron chi connectivity index (χ2n) is 4.93. The van der Waals surface area contributed by atoms with Crippen molar-refractivity contribution in [2.45, 2.75) is 33.2 Å². The van der Waals surface area contributed by atoms with Crippen molar-refractivity contribution >= 4 is 22.0 Å². The highest BCUT2D eigenvalue weighted by atomic mass is 32.2. The van der Waals surface area contributed by atoms with Crippen LogP contribution in [0.3, 0.4) is 0 Å². The van der Waals surface area contributed by atoms with Crippen LogP contribution in [0, 0.1) is 5.41 Å². The summed E-state index contributed by atoms with van der Waals surface area (Å²) in [6.45, 7) is 5.04. The van der Waals surface area contributed by atoms with Crippen molar-refractivity contribution < 1.29 is 28.2 Å². The van der Waals surface area contributed by atoms with E-state index in [-0.39, 0.29) is 5.75 Å². The van der Waals surface area contributed by atoms with E-state index in [4.69, 9.17) is 10.2 Å². The Morgan fingerprint density at radius 3 is 2.00 bits per heavy atom. The maximum atomic E-state index is 11.6. The van der Waals surface area contributed by atoms with Gasteiger partial charge in [-0.2, -0.15) is 0 Å². The van der Waals surface area contributed by atoms with Crippen molar-refractivity contribution in [3.63, 3.8) is 0 Å². The first-order chi connectivity index (χ1) is 7.43. The molecule has 0 fully saturated rings. The molecule has 0 spiro atoms. The van der Waals surface area contributed by atoms with Crippen LogP contribution in [0.5, 0.6) is 0 Å². The Morgan fingerprint density at radius 1 is 1.24 bits per heavy atom. The highest BCUT2D eigenvalue weighted by molar-refractivity contribution is 7.89. The van der Waals surface area contributed by atoms with Gasteiger partial charge in [-0.15, -0.1) is 0 Å². The molecule has 0 aromatic rings. The van der Waals surface area contributed by atoms with E-state index in [2.05, 4.69) is 0 Å². The molecule has 7 nitrogen and oxygen atoms in total. The van der Waals surface area contributed by atoms with Crippen molar-refractivity contribution in [3.05, 3.63) is 0 Å². The van der Waals surface area contributed by atoms with E-state index in [1.807, 2.05) is 4.72 Å². The number of nitrogens with one attached hydrogen (secondary N) is 1. The van der Waals surface area contributed by atoms with Crippen molar-refractivity contribution in [2.75, 3.05) is 5.75 Å². The fourth-order valence-corrected chi connectivity index (χ4v) is 3.02. The molecule has 0 rings (SSSR count). The molecule has 0 heterocycles. The van der Waals surface area contributed by atoms with Gasteiger partial charge >= 0.3 is 11.9 Å². The largest absolute Gasteiger partial charge is 0.481 e. The van der Waals surface area contributed by atoms with Crippen molar-refractivity contribution in [2.24, 2.45) is 5.41 Å². The van der Waals surface area contributed by atoms with Gasteiger partial charge in [0.15, 0.2) is 0 Å². The molecule has 8 heteroatoms. The average Bonchev–Trinajstić information content (AvgIpc) is 1.95. The van der Waals surface area contributed by atoms with Crippen molar-refractivity contribution in [1.82, 2.24) is 4.72 Å². The third-order valence-electron chi connectivity index (χ3n) is 1.62. The Kier molecular flexibility index (Phi) is 5.09. The highest BCUT2D eigenvalue weighted by Gasteiger charge is 2.29. The van der Waals surface area contributed by atoms with E-state index in [1.165, 1.54) is 0 Å². The minimum absolute atomic E-state index is 0.274. The standard InChI is InChI=1S/C9H17NO6S/c1-9(2,3)5-17(15,16)10-6(8(13)14)4-7(11)12/h6,10H,4-5H2,1-3H3,(H,11,12)(H,13,14)/t6-/m1/s1. The predicted octanol–water partition coefficient (Wildman–Crippen LogP) is -0.120. The third kappa shape index (κ3) is 7.70. The van der Waals surface area contributed by atoms with Gasteiger partial charge in [-0.05, 0) is 5.41 Å². The zero-order chi connectivity index (χ0) is 13.9. The number of aliphatic carboxylic acids is 2. The first-order valence-electron chi connectivity index (χ1n) is 4.87. The first-order valence-corrected chi connectivity index (χ1v) is 6.53. The molecule has 0 aliphatic rings.